The second-order valence-electron chi connectivity index (χ2n) is 6.75. The first-order valence-corrected chi connectivity index (χ1v) is 8.48. The molecule has 1 N–H and O–H groups in total. The molecule has 2 heterocycles. The molecule has 1 saturated heterocycles. The number of hydrogen-bond acceptors (Lipinski definition) is 3. The van der Waals surface area contributed by atoms with E-state index in [0.29, 0.717) is 12.3 Å². The maximum Gasteiger partial charge on any atom is 0.227 e. The van der Waals surface area contributed by atoms with E-state index in [-0.39, 0.29) is 5.91 Å². The number of aryl methyl sites for hydroxylation is 2. The minimum atomic E-state index is 0.217. The number of benzene rings is 1. The van der Waals surface area contributed by atoms with E-state index in [9.17, 15) is 4.79 Å². The summed E-state index contributed by atoms with van der Waals surface area (Å²) in [5.41, 5.74) is 4.34. The van der Waals surface area contributed by atoms with Gasteiger partial charge in [-0.2, -0.15) is 0 Å². The van der Waals surface area contributed by atoms with Crippen molar-refractivity contribution in [1.29, 1.82) is 0 Å². The molecule has 1 aliphatic rings. The quantitative estimate of drug-likeness (QED) is 0.943. The van der Waals surface area contributed by atoms with Crippen LogP contribution in [0, 0.1) is 19.8 Å². The van der Waals surface area contributed by atoms with E-state index in [1.807, 2.05) is 11.9 Å². The number of furan rings is 1. The van der Waals surface area contributed by atoms with Gasteiger partial charge >= 0.3 is 0 Å². The van der Waals surface area contributed by atoms with Crippen LogP contribution in [-0.2, 0) is 11.2 Å². The van der Waals surface area contributed by atoms with Gasteiger partial charge in [-0.3, -0.25) is 4.79 Å². The first-order chi connectivity index (χ1) is 11.1. The van der Waals surface area contributed by atoms with Crippen molar-refractivity contribution in [3.05, 3.63) is 35.1 Å². The van der Waals surface area contributed by atoms with Gasteiger partial charge in [0.2, 0.25) is 5.91 Å². The number of rotatable bonds is 4. The number of piperidine rings is 1. The van der Waals surface area contributed by atoms with Gasteiger partial charge in [0.05, 0.1) is 12.7 Å². The molecule has 1 amide bonds. The van der Waals surface area contributed by atoms with Crippen LogP contribution in [0.25, 0.3) is 11.0 Å². The first kappa shape index (κ1) is 16.1. The van der Waals surface area contributed by atoms with Crippen molar-refractivity contribution in [3.63, 3.8) is 0 Å². The molecule has 3 rings (SSSR count). The van der Waals surface area contributed by atoms with Crippen LogP contribution in [0.1, 0.15) is 29.5 Å². The molecule has 23 heavy (non-hydrogen) atoms. The van der Waals surface area contributed by atoms with E-state index in [4.69, 9.17) is 4.42 Å². The minimum absolute atomic E-state index is 0.217. The summed E-state index contributed by atoms with van der Waals surface area (Å²) < 4.78 is 5.64. The third-order valence-electron chi connectivity index (χ3n) is 5.07. The zero-order valence-electron chi connectivity index (χ0n) is 14.3. The van der Waals surface area contributed by atoms with Gasteiger partial charge in [0.1, 0.15) is 5.58 Å². The fourth-order valence-electron chi connectivity index (χ4n) is 3.42. The highest BCUT2D eigenvalue weighted by Gasteiger charge is 2.23. The third kappa shape index (κ3) is 3.42. The van der Waals surface area contributed by atoms with E-state index in [1.54, 1.807) is 6.26 Å². The molecule has 1 aliphatic heterocycles. The molecule has 124 valence electrons. The van der Waals surface area contributed by atoms with Crippen LogP contribution in [-0.4, -0.2) is 37.5 Å². The Balaban J connectivity index is 1.68. The Bertz CT molecular complexity index is 697. The van der Waals surface area contributed by atoms with E-state index in [2.05, 4.69) is 31.3 Å². The lowest BCUT2D eigenvalue weighted by atomic mass is 9.96. The van der Waals surface area contributed by atoms with Gasteiger partial charge in [-0.15, -0.1) is 0 Å². The van der Waals surface area contributed by atoms with Crippen molar-refractivity contribution < 1.29 is 9.21 Å². The summed E-state index contributed by atoms with van der Waals surface area (Å²) in [6, 6.07) is 4.19. The summed E-state index contributed by atoms with van der Waals surface area (Å²) in [6.45, 7) is 6.97. The Kier molecular flexibility index (Phi) is 4.71. The molecule has 0 radical (unpaired) electrons. The van der Waals surface area contributed by atoms with Crippen molar-refractivity contribution in [2.45, 2.75) is 33.1 Å². The molecule has 1 aromatic heterocycles. The lowest BCUT2D eigenvalue weighted by Crippen LogP contribution is -2.41. The Morgan fingerprint density at radius 3 is 2.65 bits per heavy atom. The molecular weight excluding hydrogens is 288 g/mol. The van der Waals surface area contributed by atoms with Crippen LogP contribution < -0.4 is 5.32 Å². The molecule has 0 unspecified atom stereocenters. The van der Waals surface area contributed by atoms with Crippen molar-refractivity contribution >= 4 is 16.9 Å². The average molecular weight is 314 g/mol. The molecule has 2 aromatic rings. The fraction of sp³-hybridized carbons (Fsp3) is 0.526. The summed E-state index contributed by atoms with van der Waals surface area (Å²) in [4.78, 5) is 14.6. The molecule has 0 aliphatic carbocycles. The predicted molar refractivity (Wildman–Crippen MR) is 92.6 cm³/mol. The molecule has 0 bridgehead atoms. The van der Waals surface area contributed by atoms with Crippen molar-refractivity contribution in [2.24, 2.45) is 5.92 Å². The first-order valence-electron chi connectivity index (χ1n) is 8.48. The van der Waals surface area contributed by atoms with Crippen molar-refractivity contribution in [2.75, 3.05) is 26.7 Å². The van der Waals surface area contributed by atoms with Gasteiger partial charge in [0, 0.05) is 24.0 Å². The topological polar surface area (TPSA) is 45.5 Å². The maximum absolute atomic E-state index is 12.6. The smallest absolute Gasteiger partial charge is 0.227 e. The summed E-state index contributed by atoms with van der Waals surface area (Å²) in [6.07, 6.45) is 4.37. The van der Waals surface area contributed by atoms with Gasteiger partial charge < -0.3 is 14.6 Å². The van der Waals surface area contributed by atoms with Crippen LogP contribution in [0.2, 0.25) is 0 Å². The lowest BCUT2D eigenvalue weighted by molar-refractivity contribution is -0.131. The zero-order valence-corrected chi connectivity index (χ0v) is 14.3. The van der Waals surface area contributed by atoms with Gasteiger partial charge in [0.25, 0.3) is 0 Å². The number of nitrogens with one attached hydrogen (secondary N) is 1. The van der Waals surface area contributed by atoms with Gasteiger partial charge in [-0.1, -0.05) is 0 Å². The standard InChI is InChI=1S/C19H26N2O2/c1-13-8-17-16(12-23-18(17)9-14(13)2)10-19(22)21-6-4-15(5-7-21)11-20-3/h8-9,12,15,20H,4-7,10-11H2,1-3H3. The molecule has 1 fully saturated rings. The summed E-state index contributed by atoms with van der Waals surface area (Å²) in [7, 11) is 1.99. The number of fused-ring (bicyclic) bond motifs is 1. The number of carbonyl (C=O) groups excluding carboxylic acids is 1. The molecule has 0 saturated carbocycles. The van der Waals surface area contributed by atoms with Crippen LogP contribution in [0.3, 0.4) is 0 Å². The molecule has 0 spiro atoms. The number of likely N-dealkylation sites (tertiary alicyclic amines) is 1. The minimum Gasteiger partial charge on any atom is -0.464 e. The van der Waals surface area contributed by atoms with E-state index in [0.717, 1.165) is 49.0 Å². The Morgan fingerprint density at radius 2 is 1.96 bits per heavy atom. The third-order valence-corrected chi connectivity index (χ3v) is 5.07. The Morgan fingerprint density at radius 1 is 1.26 bits per heavy atom. The van der Waals surface area contributed by atoms with Crippen LogP contribution in [0.15, 0.2) is 22.8 Å². The van der Waals surface area contributed by atoms with Crippen LogP contribution in [0.4, 0.5) is 0 Å². The number of nitrogens with zero attached hydrogens (tertiary/aromatic N) is 1. The Labute approximate surface area is 137 Å². The number of hydrogen-bond donors (Lipinski definition) is 1. The highest BCUT2D eigenvalue weighted by atomic mass is 16.3. The molecule has 4 nitrogen and oxygen atoms in total. The second kappa shape index (κ2) is 6.75. The number of carbonyl (C=O) groups is 1. The van der Waals surface area contributed by atoms with Crippen LogP contribution in [0.5, 0.6) is 0 Å². The highest BCUT2D eigenvalue weighted by Crippen LogP contribution is 2.26. The van der Waals surface area contributed by atoms with Crippen molar-refractivity contribution in [1.82, 2.24) is 10.2 Å². The SMILES string of the molecule is CNCC1CCN(C(=O)Cc2coc3cc(C)c(C)cc23)CC1. The van der Waals surface area contributed by atoms with Crippen LogP contribution >= 0.6 is 0 Å². The average Bonchev–Trinajstić information content (AvgIpc) is 2.91. The largest absolute Gasteiger partial charge is 0.464 e. The maximum atomic E-state index is 12.6. The van der Waals surface area contributed by atoms with Crippen molar-refractivity contribution in [3.8, 4) is 0 Å². The molecular formula is C19H26N2O2. The van der Waals surface area contributed by atoms with E-state index in [1.165, 1.54) is 11.1 Å². The number of amides is 1. The Hall–Kier alpha value is -1.81. The molecule has 1 aromatic carbocycles. The summed E-state index contributed by atoms with van der Waals surface area (Å²) in [5.74, 6) is 0.915. The molecule has 4 heteroatoms. The second-order valence-corrected chi connectivity index (χ2v) is 6.75. The summed E-state index contributed by atoms with van der Waals surface area (Å²) >= 11 is 0. The fourth-order valence-corrected chi connectivity index (χ4v) is 3.42. The lowest BCUT2D eigenvalue weighted by Gasteiger charge is -2.32. The molecule has 0 atom stereocenters. The highest BCUT2D eigenvalue weighted by molar-refractivity contribution is 5.88. The predicted octanol–water partition coefficient (Wildman–Crippen LogP) is 3.05. The summed E-state index contributed by atoms with van der Waals surface area (Å²) in [5, 5.41) is 4.31. The van der Waals surface area contributed by atoms with Gasteiger partial charge in [0.15, 0.2) is 0 Å². The van der Waals surface area contributed by atoms with Gasteiger partial charge in [-0.05, 0) is 69.5 Å². The normalized spacial score (nSPS) is 16.2. The van der Waals surface area contributed by atoms with Gasteiger partial charge in [-0.25, -0.2) is 0 Å². The van der Waals surface area contributed by atoms with E-state index < -0.39 is 0 Å². The monoisotopic (exact) mass is 314 g/mol. The zero-order chi connectivity index (χ0) is 16.4. The van der Waals surface area contributed by atoms with E-state index >= 15 is 0 Å².